The molecule has 0 heterocycles. The highest BCUT2D eigenvalue weighted by Crippen LogP contribution is 2.66. The van der Waals surface area contributed by atoms with Crippen molar-refractivity contribution in [3.05, 3.63) is 10.4 Å². The molecule has 138 valence electrons. The van der Waals surface area contributed by atoms with Crippen LogP contribution < -0.4 is 0 Å². The number of nitrogens with zero attached hydrogens (tertiary/aromatic N) is 3. The van der Waals surface area contributed by atoms with Gasteiger partial charge in [-0.1, -0.05) is 19.0 Å². The predicted molar refractivity (Wildman–Crippen MR) is 95.7 cm³/mol. The normalized spacial score (nSPS) is 51.9. The van der Waals surface area contributed by atoms with Crippen LogP contribution in [-0.4, -0.2) is 23.0 Å². The molecule has 5 heteroatoms. The lowest BCUT2D eigenvalue weighted by Crippen LogP contribution is -2.56. The second-order valence-corrected chi connectivity index (χ2v) is 9.89. The summed E-state index contributed by atoms with van der Waals surface area (Å²) in [6, 6.07) is 0. The molecule has 0 saturated heterocycles. The maximum atomic E-state index is 12.5. The van der Waals surface area contributed by atoms with E-state index in [2.05, 4.69) is 23.9 Å². The molecular formula is C20H31N3O2. The minimum absolute atomic E-state index is 0.0543. The molecule has 0 radical (unpaired) electrons. The van der Waals surface area contributed by atoms with Crippen LogP contribution in [0.25, 0.3) is 10.4 Å². The number of rotatable bonds is 2. The molecule has 25 heavy (non-hydrogen) atoms. The largest absolute Gasteiger partial charge is 0.390 e. The molecule has 0 amide bonds. The number of hydrogen-bond acceptors (Lipinski definition) is 3. The van der Waals surface area contributed by atoms with Crippen molar-refractivity contribution >= 4 is 5.78 Å². The number of carbonyl (C=O) groups excluding carboxylic acids is 1. The number of carbonyl (C=O) groups is 1. The van der Waals surface area contributed by atoms with E-state index in [0.29, 0.717) is 29.5 Å². The molecule has 4 fully saturated rings. The van der Waals surface area contributed by atoms with Gasteiger partial charge in [-0.3, -0.25) is 4.79 Å². The topological polar surface area (TPSA) is 86.1 Å². The van der Waals surface area contributed by atoms with Gasteiger partial charge in [0.15, 0.2) is 0 Å². The average molecular weight is 345 g/mol. The summed E-state index contributed by atoms with van der Waals surface area (Å²) in [6.07, 6.45) is 9.00. The van der Waals surface area contributed by atoms with E-state index in [-0.39, 0.29) is 17.4 Å². The summed E-state index contributed by atoms with van der Waals surface area (Å²) in [5.41, 5.74) is 8.01. The van der Waals surface area contributed by atoms with E-state index < -0.39 is 5.60 Å². The Labute approximate surface area is 150 Å². The molecule has 0 spiro atoms. The van der Waals surface area contributed by atoms with Crippen molar-refractivity contribution in [2.75, 3.05) is 6.54 Å². The molecule has 4 aliphatic carbocycles. The maximum Gasteiger partial charge on any atom is 0.139 e. The van der Waals surface area contributed by atoms with Crippen molar-refractivity contribution in [1.29, 1.82) is 0 Å². The van der Waals surface area contributed by atoms with Crippen molar-refractivity contribution in [2.24, 2.45) is 39.6 Å². The highest BCUT2D eigenvalue weighted by Gasteiger charge is 2.61. The molecule has 0 aliphatic heterocycles. The fourth-order valence-electron chi connectivity index (χ4n) is 7.40. The first kappa shape index (κ1) is 17.4. The zero-order valence-electron chi connectivity index (χ0n) is 15.6. The third kappa shape index (κ3) is 2.46. The van der Waals surface area contributed by atoms with Gasteiger partial charge < -0.3 is 5.11 Å². The van der Waals surface area contributed by atoms with E-state index in [1.165, 1.54) is 12.8 Å². The molecule has 0 unspecified atom stereocenters. The van der Waals surface area contributed by atoms with Crippen molar-refractivity contribution < 1.29 is 9.90 Å². The fraction of sp³-hybridized carbons (Fsp3) is 0.950. The molecule has 0 aromatic carbocycles. The van der Waals surface area contributed by atoms with Gasteiger partial charge in [0.05, 0.1) is 12.1 Å². The first-order valence-corrected chi connectivity index (χ1v) is 10.1. The Hall–Kier alpha value is -1.06. The molecule has 4 rings (SSSR count). The van der Waals surface area contributed by atoms with Crippen molar-refractivity contribution in [2.45, 2.75) is 77.2 Å². The maximum absolute atomic E-state index is 12.5. The van der Waals surface area contributed by atoms with E-state index in [0.717, 1.165) is 44.9 Å². The van der Waals surface area contributed by atoms with Crippen LogP contribution in [0.5, 0.6) is 0 Å². The van der Waals surface area contributed by atoms with Crippen LogP contribution in [0.1, 0.15) is 71.6 Å². The summed E-state index contributed by atoms with van der Waals surface area (Å²) in [5.74, 6) is 2.99. The number of ketones is 1. The van der Waals surface area contributed by atoms with Crippen molar-refractivity contribution in [3.63, 3.8) is 0 Å². The molecule has 4 saturated carbocycles. The quantitative estimate of drug-likeness (QED) is 0.449. The smallest absolute Gasteiger partial charge is 0.139 e. The summed E-state index contributed by atoms with van der Waals surface area (Å²) in [7, 11) is 0. The molecule has 7 atom stereocenters. The number of Topliss-reactive ketones (excluding diaryl/α,β-unsaturated/α-hetero) is 1. The first-order valence-electron chi connectivity index (χ1n) is 10.1. The first-order chi connectivity index (χ1) is 11.8. The van der Waals surface area contributed by atoms with Crippen LogP contribution in [0.15, 0.2) is 5.11 Å². The van der Waals surface area contributed by atoms with Gasteiger partial charge in [0.25, 0.3) is 0 Å². The van der Waals surface area contributed by atoms with Crippen LogP contribution in [0, 0.1) is 34.5 Å². The summed E-state index contributed by atoms with van der Waals surface area (Å²) in [4.78, 5) is 15.3. The monoisotopic (exact) mass is 345 g/mol. The molecule has 5 nitrogen and oxygen atoms in total. The zero-order valence-corrected chi connectivity index (χ0v) is 15.6. The summed E-state index contributed by atoms with van der Waals surface area (Å²) in [5, 5.41) is 14.5. The van der Waals surface area contributed by atoms with E-state index in [1.807, 2.05) is 0 Å². The third-order valence-corrected chi connectivity index (χ3v) is 8.96. The molecule has 0 aromatic rings. The predicted octanol–water partition coefficient (Wildman–Crippen LogP) is 4.64. The van der Waals surface area contributed by atoms with Crippen molar-refractivity contribution in [3.8, 4) is 0 Å². The summed E-state index contributed by atoms with van der Waals surface area (Å²) in [6.45, 7) is 4.89. The minimum Gasteiger partial charge on any atom is -0.390 e. The second-order valence-electron chi connectivity index (χ2n) is 9.89. The Morgan fingerprint density at radius 3 is 2.72 bits per heavy atom. The third-order valence-electron chi connectivity index (χ3n) is 8.96. The molecule has 1 N–H and O–H groups in total. The lowest BCUT2D eigenvalue weighted by atomic mass is 9.44. The van der Waals surface area contributed by atoms with Crippen molar-refractivity contribution in [1.82, 2.24) is 0 Å². The van der Waals surface area contributed by atoms with Crippen LogP contribution in [0.2, 0.25) is 0 Å². The van der Waals surface area contributed by atoms with E-state index in [1.54, 1.807) is 0 Å². The number of fused-ring (bicyclic) bond motifs is 5. The fourth-order valence-corrected chi connectivity index (χ4v) is 7.40. The Morgan fingerprint density at radius 2 is 1.96 bits per heavy atom. The van der Waals surface area contributed by atoms with Crippen LogP contribution >= 0.6 is 0 Å². The Balaban J connectivity index is 1.57. The molecular weight excluding hydrogens is 314 g/mol. The van der Waals surface area contributed by atoms with Gasteiger partial charge in [-0.05, 0) is 86.0 Å². The van der Waals surface area contributed by atoms with E-state index in [4.69, 9.17) is 5.53 Å². The second kappa shape index (κ2) is 5.72. The summed E-state index contributed by atoms with van der Waals surface area (Å²) < 4.78 is 0. The Kier molecular flexibility index (Phi) is 3.97. The lowest BCUT2D eigenvalue weighted by molar-refractivity contribution is -0.152. The van der Waals surface area contributed by atoms with Gasteiger partial charge in [-0.25, -0.2) is 0 Å². The SMILES string of the molecule is C[C@]12CC[C@](O)(CN=[N+]=[N-])C[C@@H]1CC[C@@H]1[C@@H]2CC[C@]2(C)C(=O)CC[C@@H]12. The Morgan fingerprint density at radius 1 is 1.16 bits per heavy atom. The van der Waals surface area contributed by atoms with E-state index >= 15 is 0 Å². The summed E-state index contributed by atoms with van der Waals surface area (Å²) >= 11 is 0. The highest BCUT2D eigenvalue weighted by molar-refractivity contribution is 5.87. The van der Waals surface area contributed by atoms with Gasteiger partial charge in [-0.2, -0.15) is 0 Å². The van der Waals surface area contributed by atoms with Gasteiger partial charge in [0.2, 0.25) is 0 Å². The number of azide groups is 1. The minimum atomic E-state index is -0.810. The van der Waals surface area contributed by atoms with Gasteiger partial charge in [0, 0.05) is 16.7 Å². The Bertz CT molecular complexity index is 630. The average Bonchev–Trinajstić information content (AvgIpc) is 2.89. The lowest BCUT2D eigenvalue weighted by Gasteiger charge is -2.61. The van der Waals surface area contributed by atoms with Crippen LogP contribution in [-0.2, 0) is 4.79 Å². The van der Waals surface area contributed by atoms with Gasteiger partial charge in [-0.15, -0.1) is 0 Å². The molecule has 4 aliphatic rings. The van der Waals surface area contributed by atoms with Crippen LogP contribution in [0.3, 0.4) is 0 Å². The standard InChI is InChI=1S/C20H31N3O2/c1-18-9-10-20(25,12-22-23-21)11-13(18)3-4-14-15-5-6-17(24)19(15,2)8-7-16(14)18/h13-16,25H,3-12H2,1-2H3/t13-,14-,15-,16-,18-,19-,20+/m0/s1. The zero-order chi connectivity index (χ0) is 17.9. The van der Waals surface area contributed by atoms with Gasteiger partial charge >= 0.3 is 0 Å². The van der Waals surface area contributed by atoms with E-state index in [9.17, 15) is 9.90 Å². The van der Waals surface area contributed by atoms with Gasteiger partial charge in [0.1, 0.15) is 5.78 Å². The number of hydrogen-bond donors (Lipinski definition) is 1. The molecule has 0 bridgehead atoms. The molecule has 0 aromatic heterocycles. The highest BCUT2D eigenvalue weighted by atomic mass is 16.3. The van der Waals surface area contributed by atoms with Crippen LogP contribution in [0.4, 0.5) is 0 Å². The number of aliphatic hydroxyl groups is 1.